The maximum Gasteiger partial charge on any atom is 0.214 e. The Morgan fingerprint density at radius 2 is 1.88 bits per heavy atom. The molecule has 1 N–H and O–H groups in total. The van der Waals surface area contributed by atoms with Crippen LogP contribution in [-0.2, 0) is 10.0 Å². The van der Waals surface area contributed by atoms with Crippen molar-refractivity contribution in [3.63, 3.8) is 0 Å². The van der Waals surface area contributed by atoms with Crippen molar-refractivity contribution in [1.82, 2.24) is 9.62 Å². The average Bonchev–Trinajstić information content (AvgIpc) is 2.60. The Balaban J connectivity index is 1.67. The Bertz CT molecular complexity index is 310. The van der Waals surface area contributed by atoms with Crippen LogP contribution in [0.3, 0.4) is 0 Å². The standard InChI is InChI=1S/C11H22N2O2S/c14-16(15)10-4-8-13(16)9-7-12-11-5-2-1-3-6-11/h11-12H,1-10H2. The number of sulfonamides is 1. The van der Waals surface area contributed by atoms with Gasteiger partial charge in [-0.15, -0.1) is 0 Å². The molecule has 0 aromatic rings. The summed E-state index contributed by atoms with van der Waals surface area (Å²) in [5.41, 5.74) is 0. The summed E-state index contributed by atoms with van der Waals surface area (Å²) in [6.45, 7) is 2.18. The molecule has 2 fully saturated rings. The van der Waals surface area contributed by atoms with Crippen molar-refractivity contribution in [1.29, 1.82) is 0 Å². The minimum absolute atomic E-state index is 0.344. The molecule has 5 heteroatoms. The summed E-state index contributed by atoms with van der Waals surface area (Å²) in [7, 11) is -2.90. The van der Waals surface area contributed by atoms with E-state index in [0.29, 0.717) is 24.9 Å². The molecule has 0 amide bonds. The maximum atomic E-state index is 11.5. The van der Waals surface area contributed by atoms with Crippen molar-refractivity contribution >= 4 is 10.0 Å². The van der Waals surface area contributed by atoms with Gasteiger partial charge in [0, 0.05) is 25.7 Å². The van der Waals surface area contributed by atoms with Gasteiger partial charge in [0.25, 0.3) is 0 Å². The Kier molecular flexibility index (Phi) is 4.21. The molecule has 0 aromatic heterocycles. The molecule has 0 radical (unpaired) electrons. The third-order valence-electron chi connectivity index (χ3n) is 3.60. The fraction of sp³-hybridized carbons (Fsp3) is 1.00. The molecule has 4 nitrogen and oxygen atoms in total. The molecule has 1 saturated carbocycles. The molecule has 94 valence electrons. The number of hydrogen-bond donors (Lipinski definition) is 1. The van der Waals surface area contributed by atoms with Crippen LogP contribution in [0.1, 0.15) is 38.5 Å². The summed E-state index contributed by atoms with van der Waals surface area (Å²) in [6.07, 6.45) is 7.31. The van der Waals surface area contributed by atoms with E-state index in [-0.39, 0.29) is 0 Å². The first-order valence-corrected chi connectivity index (χ1v) is 8.00. The molecule has 0 spiro atoms. The smallest absolute Gasteiger partial charge is 0.214 e. The van der Waals surface area contributed by atoms with Gasteiger partial charge in [-0.25, -0.2) is 12.7 Å². The normalized spacial score (nSPS) is 27.2. The van der Waals surface area contributed by atoms with Crippen LogP contribution in [0.25, 0.3) is 0 Å². The second-order valence-corrected chi connectivity index (χ2v) is 6.95. The lowest BCUT2D eigenvalue weighted by atomic mass is 9.95. The summed E-state index contributed by atoms with van der Waals surface area (Å²) >= 11 is 0. The first-order valence-electron chi connectivity index (χ1n) is 6.40. The van der Waals surface area contributed by atoms with Crippen LogP contribution in [0.4, 0.5) is 0 Å². The summed E-state index contributed by atoms with van der Waals surface area (Å²) in [5, 5.41) is 3.48. The van der Waals surface area contributed by atoms with Gasteiger partial charge in [-0.05, 0) is 19.3 Å². The lowest BCUT2D eigenvalue weighted by molar-refractivity contribution is 0.353. The molecule has 0 aromatic carbocycles. The van der Waals surface area contributed by atoms with E-state index < -0.39 is 10.0 Å². The molecule has 2 rings (SSSR count). The number of hydrogen-bond acceptors (Lipinski definition) is 3. The van der Waals surface area contributed by atoms with Crippen LogP contribution >= 0.6 is 0 Å². The van der Waals surface area contributed by atoms with Gasteiger partial charge in [0.15, 0.2) is 0 Å². The molecule has 0 unspecified atom stereocenters. The quantitative estimate of drug-likeness (QED) is 0.803. The Hall–Kier alpha value is -0.130. The first kappa shape index (κ1) is 12.3. The fourth-order valence-corrected chi connectivity index (χ4v) is 4.17. The zero-order valence-electron chi connectivity index (χ0n) is 9.82. The van der Waals surface area contributed by atoms with E-state index in [2.05, 4.69) is 5.32 Å². The lowest BCUT2D eigenvalue weighted by Crippen LogP contribution is -2.38. The van der Waals surface area contributed by atoms with Crippen LogP contribution in [0.2, 0.25) is 0 Å². The van der Waals surface area contributed by atoms with Crippen LogP contribution in [0.5, 0.6) is 0 Å². The van der Waals surface area contributed by atoms with Crippen molar-refractivity contribution in [3.8, 4) is 0 Å². The number of nitrogens with zero attached hydrogens (tertiary/aromatic N) is 1. The van der Waals surface area contributed by atoms with Gasteiger partial charge >= 0.3 is 0 Å². The van der Waals surface area contributed by atoms with Gasteiger partial charge < -0.3 is 5.32 Å². The second-order valence-electron chi connectivity index (χ2n) is 4.86. The third kappa shape index (κ3) is 3.18. The molecule has 1 aliphatic heterocycles. The van der Waals surface area contributed by atoms with Crippen molar-refractivity contribution < 1.29 is 8.42 Å². The topological polar surface area (TPSA) is 49.4 Å². The predicted octanol–water partition coefficient (Wildman–Crippen LogP) is 0.944. The van der Waals surface area contributed by atoms with Gasteiger partial charge in [-0.3, -0.25) is 0 Å². The minimum Gasteiger partial charge on any atom is -0.313 e. The predicted molar refractivity (Wildman–Crippen MR) is 64.9 cm³/mol. The Morgan fingerprint density at radius 1 is 1.12 bits per heavy atom. The lowest BCUT2D eigenvalue weighted by Gasteiger charge is -2.24. The van der Waals surface area contributed by atoms with Crippen LogP contribution in [0, 0.1) is 0 Å². The van der Waals surface area contributed by atoms with Gasteiger partial charge in [0.05, 0.1) is 5.75 Å². The second kappa shape index (κ2) is 5.47. The van der Waals surface area contributed by atoms with Crippen molar-refractivity contribution in [2.24, 2.45) is 0 Å². The average molecular weight is 246 g/mol. The van der Waals surface area contributed by atoms with Gasteiger partial charge in [-0.1, -0.05) is 19.3 Å². The monoisotopic (exact) mass is 246 g/mol. The van der Waals surface area contributed by atoms with Crippen LogP contribution in [-0.4, -0.2) is 44.2 Å². The van der Waals surface area contributed by atoms with E-state index in [1.807, 2.05) is 0 Å². The molecule has 1 heterocycles. The Morgan fingerprint density at radius 3 is 2.50 bits per heavy atom. The highest BCUT2D eigenvalue weighted by atomic mass is 32.2. The van der Waals surface area contributed by atoms with E-state index in [0.717, 1.165) is 13.0 Å². The third-order valence-corrected chi connectivity index (χ3v) is 5.56. The zero-order chi connectivity index (χ0) is 11.4. The van der Waals surface area contributed by atoms with Crippen LogP contribution in [0.15, 0.2) is 0 Å². The highest BCUT2D eigenvalue weighted by Gasteiger charge is 2.27. The van der Waals surface area contributed by atoms with E-state index in [1.165, 1.54) is 32.1 Å². The molecule has 1 saturated heterocycles. The summed E-state index contributed by atoms with van der Waals surface area (Å²) in [5.74, 6) is 0.344. The van der Waals surface area contributed by atoms with Gasteiger partial charge in [0.2, 0.25) is 10.0 Å². The largest absolute Gasteiger partial charge is 0.313 e. The minimum atomic E-state index is -2.90. The van der Waals surface area contributed by atoms with Gasteiger partial charge in [0.1, 0.15) is 0 Å². The van der Waals surface area contributed by atoms with E-state index in [9.17, 15) is 8.42 Å². The van der Waals surface area contributed by atoms with Crippen LogP contribution < -0.4 is 5.32 Å². The van der Waals surface area contributed by atoms with Crippen molar-refractivity contribution in [2.45, 2.75) is 44.6 Å². The molecule has 16 heavy (non-hydrogen) atoms. The first-order chi connectivity index (χ1) is 7.68. The summed E-state index contributed by atoms with van der Waals surface area (Å²) in [4.78, 5) is 0. The highest BCUT2D eigenvalue weighted by Crippen LogP contribution is 2.17. The molecule has 0 bridgehead atoms. The van der Waals surface area contributed by atoms with E-state index in [1.54, 1.807) is 4.31 Å². The molecule has 2 aliphatic rings. The summed E-state index contributed by atoms with van der Waals surface area (Å²) in [6, 6.07) is 0.624. The molecular formula is C11H22N2O2S. The van der Waals surface area contributed by atoms with Crippen molar-refractivity contribution in [3.05, 3.63) is 0 Å². The number of nitrogens with one attached hydrogen (secondary N) is 1. The molecule has 1 aliphatic carbocycles. The zero-order valence-corrected chi connectivity index (χ0v) is 10.6. The van der Waals surface area contributed by atoms with E-state index >= 15 is 0 Å². The summed E-state index contributed by atoms with van der Waals surface area (Å²) < 4.78 is 24.7. The SMILES string of the molecule is O=S1(=O)CCCN1CCNC1CCCCC1. The van der Waals surface area contributed by atoms with Gasteiger partial charge in [-0.2, -0.15) is 0 Å². The van der Waals surface area contributed by atoms with E-state index in [4.69, 9.17) is 0 Å². The van der Waals surface area contributed by atoms with Crippen molar-refractivity contribution in [2.75, 3.05) is 25.4 Å². The fourth-order valence-electron chi connectivity index (χ4n) is 2.64. The highest BCUT2D eigenvalue weighted by molar-refractivity contribution is 7.89. The molecule has 0 atom stereocenters. The Labute approximate surface area is 98.4 Å². The molecular weight excluding hydrogens is 224 g/mol. The maximum absolute atomic E-state index is 11.5. The number of rotatable bonds is 4.